The summed E-state index contributed by atoms with van der Waals surface area (Å²) in [5, 5.41) is 13.1. The Labute approximate surface area is 145 Å². The Morgan fingerprint density at radius 3 is 2.71 bits per heavy atom. The van der Waals surface area contributed by atoms with E-state index in [-0.39, 0.29) is 11.9 Å². The van der Waals surface area contributed by atoms with Crippen LogP contribution in [0.25, 0.3) is 0 Å². The first-order valence-corrected chi connectivity index (χ1v) is 9.03. The maximum absolute atomic E-state index is 12.2. The first-order valence-electron chi connectivity index (χ1n) is 9.03. The minimum Gasteiger partial charge on any atom is -0.389 e. The van der Waals surface area contributed by atoms with Crippen molar-refractivity contribution in [2.24, 2.45) is 0 Å². The van der Waals surface area contributed by atoms with Crippen LogP contribution < -0.4 is 5.32 Å². The molecule has 1 aromatic carbocycles. The lowest BCUT2D eigenvalue weighted by Gasteiger charge is -2.33. The van der Waals surface area contributed by atoms with E-state index in [0.29, 0.717) is 18.7 Å². The van der Waals surface area contributed by atoms with Crippen molar-refractivity contribution in [2.75, 3.05) is 32.8 Å². The molecule has 1 aromatic rings. The van der Waals surface area contributed by atoms with Crippen molar-refractivity contribution in [2.45, 2.75) is 44.8 Å². The lowest BCUT2D eigenvalue weighted by atomic mass is 10.0. The molecule has 1 aliphatic rings. The van der Waals surface area contributed by atoms with E-state index in [1.807, 2.05) is 30.3 Å². The standard InChI is InChI=1S/C19H30N2O3/c1-2-3-13-24-15-18(22)14-21-11-9-17(10-12-21)20-19(23)16-7-5-4-6-8-16/h4-8,17-18,22H,2-3,9-15H2,1H3,(H,20,23). The molecular weight excluding hydrogens is 304 g/mol. The highest BCUT2D eigenvalue weighted by atomic mass is 16.5. The zero-order valence-corrected chi connectivity index (χ0v) is 14.6. The summed E-state index contributed by atoms with van der Waals surface area (Å²) in [6, 6.07) is 9.54. The molecule has 0 aliphatic carbocycles. The van der Waals surface area contributed by atoms with Crippen molar-refractivity contribution >= 4 is 5.91 Å². The molecule has 5 heteroatoms. The molecule has 0 radical (unpaired) electrons. The van der Waals surface area contributed by atoms with Gasteiger partial charge in [-0.15, -0.1) is 0 Å². The van der Waals surface area contributed by atoms with Gasteiger partial charge in [0.2, 0.25) is 0 Å². The maximum Gasteiger partial charge on any atom is 0.251 e. The van der Waals surface area contributed by atoms with E-state index in [0.717, 1.165) is 45.4 Å². The quantitative estimate of drug-likeness (QED) is 0.679. The van der Waals surface area contributed by atoms with Gasteiger partial charge >= 0.3 is 0 Å². The zero-order chi connectivity index (χ0) is 17.2. The van der Waals surface area contributed by atoms with Crippen molar-refractivity contribution in [3.05, 3.63) is 35.9 Å². The summed E-state index contributed by atoms with van der Waals surface area (Å²) in [5.74, 6) is -0.00147. The number of piperidine rings is 1. The van der Waals surface area contributed by atoms with E-state index < -0.39 is 6.10 Å². The highest BCUT2D eigenvalue weighted by Gasteiger charge is 2.22. The topological polar surface area (TPSA) is 61.8 Å². The van der Waals surface area contributed by atoms with E-state index in [9.17, 15) is 9.90 Å². The van der Waals surface area contributed by atoms with Gasteiger partial charge in [0.15, 0.2) is 0 Å². The summed E-state index contributed by atoms with van der Waals surface area (Å²) < 4.78 is 5.47. The molecule has 0 saturated carbocycles. The second-order valence-electron chi connectivity index (χ2n) is 6.50. The molecule has 2 N–H and O–H groups in total. The number of carbonyl (C=O) groups excluding carboxylic acids is 1. The van der Waals surface area contributed by atoms with Gasteiger partial charge in [0, 0.05) is 37.8 Å². The van der Waals surface area contributed by atoms with Gasteiger partial charge in [0.1, 0.15) is 0 Å². The van der Waals surface area contributed by atoms with Crippen molar-refractivity contribution in [1.82, 2.24) is 10.2 Å². The molecule has 134 valence electrons. The maximum atomic E-state index is 12.2. The van der Waals surface area contributed by atoms with Crippen LogP contribution in [-0.2, 0) is 4.74 Å². The van der Waals surface area contributed by atoms with Gasteiger partial charge in [0.05, 0.1) is 12.7 Å². The number of hydrogen-bond donors (Lipinski definition) is 2. The number of β-amino-alcohol motifs (C(OH)–C–C–N with tert-alkyl or cyclic N) is 1. The zero-order valence-electron chi connectivity index (χ0n) is 14.6. The van der Waals surface area contributed by atoms with Crippen LogP contribution in [0.4, 0.5) is 0 Å². The number of hydrogen-bond acceptors (Lipinski definition) is 4. The number of aliphatic hydroxyl groups is 1. The molecular formula is C19H30N2O3. The molecule has 1 amide bonds. The SMILES string of the molecule is CCCCOCC(O)CN1CCC(NC(=O)c2ccccc2)CC1. The Morgan fingerprint density at radius 1 is 1.33 bits per heavy atom. The summed E-state index contributed by atoms with van der Waals surface area (Å²) in [7, 11) is 0. The first-order chi connectivity index (χ1) is 11.7. The Bertz CT molecular complexity index is 473. The molecule has 1 atom stereocenters. The van der Waals surface area contributed by atoms with Gasteiger partial charge in [-0.05, 0) is 31.4 Å². The third-order valence-electron chi connectivity index (χ3n) is 4.38. The Balaban J connectivity index is 1.63. The van der Waals surface area contributed by atoms with Gasteiger partial charge in [-0.3, -0.25) is 4.79 Å². The Hall–Kier alpha value is -1.43. The van der Waals surface area contributed by atoms with Crippen LogP contribution in [0, 0.1) is 0 Å². The number of rotatable bonds is 9. The highest BCUT2D eigenvalue weighted by Crippen LogP contribution is 2.12. The monoisotopic (exact) mass is 334 g/mol. The molecule has 1 fully saturated rings. The molecule has 1 unspecified atom stereocenters. The van der Waals surface area contributed by atoms with E-state index in [2.05, 4.69) is 17.1 Å². The average Bonchev–Trinajstić information content (AvgIpc) is 2.61. The molecule has 0 bridgehead atoms. The van der Waals surface area contributed by atoms with Gasteiger partial charge in [-0.1, -0.05) is 31.5 Å². The van der Waals surface area contributed by atoms with Gasteiger partial charge in [-0.25, -0.2) is 0 Å². The number of amides is 1. The summed E-state index contributed by atoms with van der Waals surface area (Å²) >= 11 is 0. The lowest BCUT2D eigenvalue weighted by molar-refractivity contribution is 0.0112. The smallest absolute Gasteiger partial charge is 0.251 e. The summed E-state index contributed by atoms with van der Waals surface area (Å²) in [6.45, 7) is 5.69. The Morgan fingerprint density at radius 2 is 2.04 bits per heavy atom. The summed E-state index contributed by atoms with van der Waals surface area (Å²) in [6.07, 6.45) is 3.55. The first kappa shape index (κ1) is 18.9. The number of benzene rings is 1. The van der Waals surface area contributed by atoms with Crippen molar-refractivity contribution < 1.29 is 14.6 Å². The molecule has 1 heterocycles. The molecule has 0 aromatic heterocycles. The minimum absolute atomic E-state index is 0.00147. The second-order valence-corrected chi connectivity index (χ2v) is 6.50. The summed E-state index contributed by atoms with van der Waals surface area (Å²) in [5.41, 5.74) is 0.708. The largest absolute Gasteiger partial charge is 0.389 e. The number of aliphatic hydroxyl groups excluding tert-OH is 1. The second kappa shape index (κ2) is 10.4. The Kier molecular flexibility index (Phi) is 8.22. The fraction of sp³-hybridized carbons (Fsp3) is 0.632. The molecule has 1 saturated heterocycles. The fourth-order valence-corrected chi connectivity index (χ4v) is 2.93. The van der Waals surface area contributed by atoms with Crippen molar-refractivity contribution in [1.29, 1.82) is 0 Å². The highest BCUT2D eigenvalue weighted by molar-refractivity contribution is 5.94. The fourth-order valence-electron chi connectivity index (χ4n) is 2.93. The third kappa shape index (κ3) is 6.59. The van der Waals surface area contributed by atoms with E-state index in [1.54, 1.807) is 0 Å². The normalized spacial score (nSPS) is 17.6. The van der Waals surface area contributed by atoms with E-state index in [1.165, 1.54) is 0 Å². The number of nitrogens with zero attached hydrogens (tertiary/aromatic N) is 1. The number of ether oxygens (including phenoxy) is 1. The van der Waals surface area contributed by atoms with Crippen LogP contribution in [-0.4, -0.2) is 60.9 Å². The number of likely N-dealkylation sites (tertiary alicyclic amines) is 1. The minimum atomic E-state index is -0.433. The van der Waals surface area contributed by atoms with Gasteiger partial charge in [0.25, 0.3) is 5.91 Å². The lowest BCUT2D eigenvalue weighted by Crippen LogP contribution is -2.47. The number of carbonyl (C=O) groups is 1. The number of nitrogens with one attached hydrogen (secondary N) is 1. The molecule has 24 heavy (non-hydrogen) atoms. The van der Waals surface area contributed by atoms with Crippen LogP contribution in [0.15, 0.2) is 30.3 Å². The van der Waals surface area contributed by atoms with Crippen LogP contribution >= 0.6 is 0 Å². The van der Waals surface area contributed by atoms with Crippen molar-refractivity contribution in [3.63, 3.8) is 0 Å². The van der Waals surface area contributed by atoms with Crippen LogP contribution in [0.2, 0.25) is 0 Å². The van der Waals surface area contributed by atoms with Gasteiger partial charge < -0.3 is 20.1 Å². The molecule has 1 aliphatic heterocycles. The van der Waals surface area contributed by atoms with Crippen LogP contribution in [0.5, 0.6) is 0 Å². The average molecular weight is 334 g/mol. The summed E-state index contributed by atoms with van der Waals surface area (Å²) in [4.78, 5) is 14.4. The third-order valence-corrected chi connectivity index (χ3v) is 4.38. The van der Waals surface area contributed by atoms with E-state index in [4.69, 9.17) is 4.74 Å². The number of unbranched alkanes of at least 4 members (excludes halogenated alkanes) is 1. The molecule has 2 rings (SSSR count). The molecule has 5 nitrogen and oxygen atoms in total. The van der Waals surface area contributed by atoms with Crippen LogP contribution in [0.1, 0.15) is 43.0 Å². The predicted molar refractivity (Wildman–Crippen MR) is 95.1 cm³/mol. The predicted octanol–water partition coefficient (Wildman–Crippen LogP) is 2.06. The molecule has 0 spiro atoms. The van der Waals surface area contributed by atoms with Crippen LogP contribution in [0.3, 0.4) is 0 Å². The van der Waals surface area contributed by atoms with E-state index >= 15 is 0 Å². The van der Waals surface area contributed by atoms with Crippen molar-refractivity contribution in [3.8, 4) is 0 Å². The van der Waals surface area contributed by atoms with Gasteiger partial charge in [-0.2, -0.15) is 0 Å².